The van der Waals surface area contributed by atoms with Crippen molar-refractivity contribution in [3.8, 4) is 0 Å². The topological polar surface area (TPSA) is 101 Å². The lowest BCUT2D eigenvalue weighted by atomic mass is 10.1. The van der Waals surface area contributed by atoms with E-state index < -0.39 is 10.2 Å². The summed E-state index contributed by atoms with van der Waals surface area (Å²) in [6.45, 7) is 4.45. The van der Waals surface area contributed by atoms with E-state index >= 15 is 0 Å². The van der Waals surface area contributed by atoms with Crippen LogP contribution in [0.25, 0.3) is 0 Å². The van der Waals surface area contributed by atoms with E-state index in [0.717, 1.165) is 0 Å². The maximum atomic E-state index is 11.9. The van der Waals surface area contributed by atoms with Crippen LogP contribution in [0.1, 0.15) is 24.2 Å². The molecule has 0 heterocycles. The highest BCUT2D eigenvalue weighted by atomic mass is 32.2. The summed E-state index contributed by atoms with van der Waals surface area (Å²) in [6.07, 6.45) is 0. The molecule has 0 spiro atoms. The van der Waals surface area contributed by atoms with Crippen LogP contribution in [0, 0.1) is 5.92 Å². The van der Waals surface area contributed by atoms with E-state index in [4.69, 9.17) is 5.14 Å². The zero-order valence-corrected chi connectivity index (χ0v) is 11.1. The zero-order valence-electron chi connectivity index (χ0n) is 10.3. The molecule has 0 fully saturated rings. The third-order valence-electron chi connectivity index (χ3n) is 2.09. The Morgan fingerprint density at radius 2 is 1.94 bits per heavy atom. The lowest BCUT2D eigenvalue weighted by Gasteiger charge is -2.11. The first-order valence-electron chi connectivity index (χ1n) is 5.47. The molecule has 0 unspecified atom stereocenters. The molecule has 0 saturated carbocycles. The van der Waals surface area contributed by atoms with E-state index in [9.17, 15) is 13.2 Å². The van der Waals surface area contributed by atoms with Gasteiger partial charge >= 0.3 is 0 Å². The number of carbonyl (C=O) groups excluding carboxylic acids is 1. The van der Waals surface area contributed by atoms with Crippen molar-refractivity contribution >= 4 is 21.8 Å². The van der Waals surface area contributed by atoms with Crippen LogP contribution in [0.2, 0.25) is 0 Å². The van der Waals surface area contributed by atoms with E-state index in [2.05, 4.69) is 10.0 Å². The molecule has 1 amide bonds. The maximum absolute atomic E-state index is 11.9. The molecule has 1 aromatic rings. The van der Waals surface area contributed by atoms with Crippen LogP contribution < -0.4 is 15.2 Å². The molecule has 0 aromatic heterocycles. The van der Waals surface area contributed by atoms with Gasteiger partial charge in [0.05, 0.1) is 11.3 Å². The molecule has 0 atom stereocenters. The van der Waals surface area contributed by atoms with Gasteiger partial charge in [0.2, 0.25) is 0 Å². The van der Waals surface area contributed by atoms with Crippen molar-refractivity contribution < 1.29 is 13.2 Å². The van der Waals surface area contributed by atoms with Gasteiger partial charge in [0.1, 0.15) is 0 Å². The normalized spacial score (nSPS) is 11.3. The highest BCUT2D eigenvalue weighted by Crippen LogP contribution is 2.15. The van der Waals surface area contributed by atoms with Gasteiger partial charge < -0.3 is 5.32 Å². The van der Waals surface area contributed by atoms with E-state index in [-0.39, 0.29) is 17.2 Å². The average Bonchev–Trinajstić information content (AvgIpc) is 2.24. The van der Waals surface area contributed by atoms with Gasteiger partial charge in [-0.3, -0.25) is 9.52 Å². The van der Waals surface area contributed by atoms with Crippen molar-refractivity contribution in [2.45, 2.75) is 13.8 Å². The first-order valence-corrected chi connectivity index (χ1v) is 7.02. The van der Waals surface area contributed by atoms with Crippen molar-refractivity contribution in [3.05, 3.63) is 29.8 Å². The van der Waals surface area contributed by atoms with Crippen molar-refractivity contribution in [3.63, 3.8) is 0 Å². The fraction of sp³-hybridized carbons (Fsp3) is 0.364. The molecule has 4 N–H and O–H groups in total. The Labute approximate surface area is 107 Å². The monoisotopic (exact) mass is 271 g/mol. The second-order valence-corrected chi connectivity index (χ2v) is 5.59. The number of nitrogens with one attached hydrogen (secondary N) is 2. The van der Waals surface area contributed by atoms with Crippen LogP contribution in [0.15, 0.2) is 24.3 Å². The molecular weight excluding hydrogens is 254 g/mol. The molecule has 0 saturated heterocycles. The first kappa shape index (κ1) is 14.5. The Bertz CT molecular complexity index is 526. The summed E-state index contributed by atoms with van der Waals surface area (Å²) in [5.74, 6) is -0.0252. The average molecular weight is 271 g/mol. The summed E-state index contributed by atoms with van der Waals surface area (Å²) in [5.41, 5.74) is 0.411. The fourth-order valence-electron chi connectivity index (χ4n) is 1.32. The zero-order chi connectivity index (χ0) is 13.8. The second-order valence-electron chi connectivity index (χ2n) is 4.30. The van der Waals surface area contributed by atoms with Crippen molar-refractivity contribution in [1.82, 2.24) is 5.32 Å². The van der Waals surface area contributed by atoms with Crippen LogP contribution in [0.3, 0.4) is 0 Å². The van der Waals surface area contributed by atoms with Crippen molar-refractivity contribution in [1.29, 1.82) is 0 Å². The third-order valence-corrected chi connectivity index (χ3v) is 2.60. The lowest BCUT2D eigenvalue weighted by Crippen LogP contribution is -2.29. The minimum Gasteiger partial charge on any atom is -0.352 e. The van der Waals surface area contributed by atoms with E-state index in [0.29, 0.717) is 12.5 Å². The highest BCUT2D eigenvalue weighted by molar-refractivity contribution is 7.90. The van der Waals surface area contributed by atoms with Crippen LogP contribution in [0.5, 0.6) is 0 Å². The summed E-state index contributed by atoms with van der Waals surface area (Å²) in [4.78, 5) is 11.9. The first-order chi connectivity index (χ1) is 8.29. The van der Waals surface area contributed by atoms with Crippen LogP contribution in [0.4, 0.5) is 5.69 Å². The van der Waals surface area contributed by atoms with Gasteiger partial charge in [0.15, 0.2) is 0 Å². The van der Waals surface area contributed by atoms with Gasteiger partial charge in [0.25, 0.3) is 16.1 Å². The predicted octanol–water partition coefficient (Wildman–Crippen LogP) is 0.688. The largest absolute Gasteiger partial charge is 0.352 e. The Hall–Kier alpha value is -1.60. The number of nitrogens with two attached hydrogens (primary N) is 1. The van der Waals surface area contributed by atoms with Crippen LogP contribution >= 0.6 is 0 Å². The van der Waals surface area contributed by atoms with E-state index in [1.54, 1.807) is 12.1 Å². The van der Waals surface area contributed by atoms with E-state index in [1.807, 2.05) is 13.8 Å². The predicted molar refractivity (Wildman–Crippen MR) is 70.3 cm³/mol. The molecule has 0 aliphatic rings. The highest BCUT2D eigenvalue weighted by Gasteiger charge is 2.13. The van der Waals surface area contributed by atoms with Gasteiger partial charge in [-0.2, -0.15) is 8.42 Å². The van der Waals surface area contributed by atoms with Gasteiger partial charge in [0, 0.05) is 6.54 Å². The van der Waals surface area contributed by atoms with Gasteiger partial charge in [-0.05, 0) is 18.1 Å². The number of para-hydroxylation sites is 1. The number of amides is 1. The lowest BCUT2D eigenvalue weighted by molar-refractivity contribution is 0.0950. The van der Waals surface area contributed by atoms with Gasteiger partial charge in [-0.15, -0.1) is 0 Å². The Morgan fingerprint density at radius 1 is 1.33 bits per heavy atom. The number of anilines is 1. The van der Waals surface area contributed by atoms with Crippen molar-refractivity contribution in [2.24, 2.45) is 11.1 Å². The SMILES string of the molecule is CC(C)CNC(=O)c1ccccc1NS(N)(=O)=O. The van der Waals surface area contributed by atoms with E-state index in [1.165, 1.54) is 12.1 Å². The molecule has 18 heavy (non-hydrogen) atoms. The van der Waals surface area contributed by atoms with Gasteiger partial charge in [-0.1, -0.05) is 26.0 Å². The standard InChI is InChI=1S/C11H17N3O3S/c1-8(2)7-13-11(15)9-5-3-4-6-10(9)14-18(12,16)17/h3-6,8,14H,7H2,1-2H3,(H,13,15)(H2,12,16,17). The minimum atomic E-state index is -3.89. The smallest absolute Gasteiger partial charge is 0.296 e. The van der Waals surface area contributed by atoms with Gasteiger partial charge in [-0.25, -0.2) is 5.14 Å². The number of rotatable bonds is 5. The number of carbonyl (C=O) groups is 1. The third kappa shape index (κ3) is 4.72. The summed E-state index contributed by atoms with van der Waals surface area (Å²) in [5, 5.41) is 7.60. The fourth-order valence-corrected chi connectivity index (χ4v) is 1.80. The Morgan fingerprint density at radius 3 is 2.50 bits per heavy atom. The summed E-state index contributed by atoms with van der Waals surface area (Å²) in [6, 6.07) is 6.28. The molecule has 0 aliphatic carbocycles. The molecule has 0 aliphatic heterocycles. The summed E-state index contributed by atoms with van der Waals surface area (Å²) in [7, 11) is -3.89. The number of benzene rings is 1. The Kier molecular flexibility index (Phi) is 4.69. The molecule has 1 aromatic carbocycles. The molecule has 1 rings (SSSR count). The molecule has 0 radical (unpaired) electrons. The molecule has 0 bridgehead atoms. The molecule has 100 valence electrons. The molecule has 7 heteroatoms. The Balaban J connectivity index is 2.91. The van der Waals surface area contributed by atoms with Crippen LogP contribution in [-0.4, -0.2) is 20.9 Å². The second kappa shape index (κ2) is 5.83. The van der Waals surface area contributed by atoms with Crippen molar-refractivity contribution in [2.75, 3.05) is 11.3 Å². The molecule has 6 nitrogen and oxygen atoms in total. The summed E-state index contributed by atoms with van der Waals surface area (Å²) < 4.78 is 24.1. The minimum absolute atomic E-state index is 0.168. The van der Waals surface area contributed by atoms with Crippen LogP contribution in [-0.2, 0) is 10.2 Å². The quantitative estimate of drug-likeness (QED) is 0.734. The molecular formula is C11H17N3O3S. The number of hydrogen-bond acceptors (Lipinski definition) is 3. The summed E-state index contributed by atoms with van der Waals surface area (Å²) >= 11 is 0. The maximum Gasteiger partial charge on any atom is 0.296 e. The number of hydrogen-bond donors (Lipinski definition) is 3.